The van der Waals surface area contributed by atoms with E-state index in [9.17, 15) is 4.79 Å². The van der Waals surface area contributed by atoms with Crippen molar-refractivity contribution in [1.82, 2.24) is 10.2 Å². The van der Waals surface area contributed by atoms with Crippen LogP contribution in [0, 0.1) is 11.3 Å². The van der Waals surface area contributed by atoms with Crippen LogP contribution >= 0.6 is 0 Å². The van der Waals surface area contributed by atoms with Gasteiger partial charge in [0.25, 0.3) is 0 Å². The maximum absolute atomic E-state index is 13.0. The molecule has 108 valence electrons. The summed E-state index contributed by atoms with van der Waals surface area (Å²) in [5.41, 5.74) is 5.54. The van der Waals surface area contributed by atoms with Crippen molar-refractivity contribution in [2.45, 2.75) is 31.8 Å². The Kier molecular flexibility index (Phi) is 3.78. The van der Waals surface area contributed by atoms with Crippen LogP contribution in [0.5, 0.6) is 0 Å². The number of nitrogens with two attached hydrogens (primary N) is 1. The minimum Gasteiger partial charge on any atom is -0.373 e. The summed E-state index contributed by atoms with van der Waals surface area (Å²) in [7, 11) is 0. The summed E-state index contributed by atoms with van der Waals surface area (Å²) in [6.07, 6.45) is 4.73. The van der Waals surface area contributed by atoms with Crippen molar-refractivity contribution in [2.24, 2.45) is 17.1 Å². The van der Waals surface area contributed by atoms with E-state index >= 15 is 0 Å². The Morgan fingerprint density at radius 2 is 2.37 bits per heavy atom. The van der Waals surface area contributed by atoms with Gasteiger partial charge in [0.1, 0.15) is 0 Å². The lowest BCUT2D eigenvalue weighted by molar-refractivity contribution is -0.152. The van der Waals surface area contributed by atoms with Crippen molar-refractivity contribution < 1.29 is 9.53 Å². The van der Waals surface area contributed by atoms with E-state index in [1.54, 1.807) is 0 Å². The lowest BCUT2D eigenvalue weighted by atomic mass is 9.67. The number of fused-ring (bicyclic) bond motifs is 1. The molecule has 3 fully saturated rings. The molecule has 3 aliphatic rings. The van der Waals surface area contributed by atoms with Crippen molar-refractivity contribution in [1.29, 1.82) is 0 Å². The molecule has 0 aromatic carbocycles. The first-order chi connectivity index (χ1) is 9.26. The van der Waals surface area contributed by atoms with Crippen LogP contribution in [0.4, 0.5) is 0 Å². The molecule has 1 aliphatic carbocycles. The van der Waals surface area contributed by atoms with E-state index in [1.807, 2.05) is 4.90 Å². The van der Waals surface area contributed by atoms with Gasteiger partial charge in [0, 0.05) is 26.2 Å². The van der Waals surface area contributed by atoms with Crippen molar-refractivity contribution in [3.8, 4) is 0 Å². The minimum atomic E-state index is -0.130. The zero-order valence-electron chi connectivity index (χ0n) is 11.6. The Morgan fingerprint density at radius 1 is 1.47 bits per heavy atom. The van der Waals surface area contributed by atoms with Crippen LogP contribution < -0.4 is 11.1 Å². The molecule has 2 aliphatic heterocycles. The molecular weight excluding hydrogens is 242 g/mol. The lowest BCUT2D eigenvalue weighted by Gasteiger charge is -2.43. The van der Waals surface area contributed by atoms with E-state index < -0.39 is 0 Å². The number of carbonyl (C=O) groups is 1. The standard InChI is InChI=1S/C14H25N3O2/c15-7-12-9-17(5-6-19-12)13(18)14-4-2-1-3-11(14)8-16-10-14/h11-12,16H,1-10,15H2/t11-,12?,14+/m0/s1. The van der Waals surface area contributed by atoms with Gasteiger partial charge in [-0.25, -0.2) is 0 Å². The topological polar surface area (TPSA) is 67.6 Å². The van der Waals surface area contributed by atoms with E-state index in [0.29, 0.717) is 31.5 Å². The Morgan fingerprint density at radius 3 is 3.21 bits per heavy atom. The summed E-state index contributed by atoms with van der Waals surface area (Å²) in [6.45, 7) is 4.39. The second kappa shape index (κ2) is 5.38. The maximum Gasteiger partial charge on any atom is 0.230 e. The van der Waals surface area contributed by atoms with Gasteiger partial charge in [0.2, 0.25) is 5.91 Å². The van der Waals surface area contributed by atoms with Crippen LogP contribution in [-0.4, -0.2) is 56.2 Å². The van der Waals surface area contributed by atoms with Crippen LogP contribution in [0.1, 0.15) is 25.7 Å². The first-order valence-corrected chi connectivity index (χ1v) is 7.58. The SMILES string of the molecule is NCC1CN(C(=O)[C@@]23CCCC[C@H]2CNC3)CCO1. The molecule has 0 bridgehead atoms. The summed E-state index contributed by atoms with van der Waals surface area (Å²) in [6, 6.07) is 0. The normalized spacial score (nSPS) is 39.1. The number of carbonyl (C=O) groups excluding carboxylic acids is 1. The van der Waals surface area contributed by atoms with Gasteiger partial charge in [0.05, 0.1) is 18.1 Å². The predicted octanol–water partition coefficient (Wildman–Crippen LogP) is -0.0477. The van der Waals surface area contributed by atoms with Crippen LogP contribution in [-0.2, 0) is 9.53 Å². The van der Waals surface area contributed by atoms with E-state index in [2.05, 4.69) is 5.32 Å². The Balaban J connectivity index is 1.74. The Bertz CT molecular complexity index is 350. The number of amides is 1. The van der Waals surface area contributed by atoms with Gasteiger partial charge in [-0.1, -0.05) is 12.8 Å². The van der Waals surface area contributed by atoms with Gasteiger partial charge in [-0.3, -0.25) is 4.79 Å². The Labute approximate surface area is 114 Å². The van der Waals surface area contributed by atoms with E-state index in [1.165, 1.54) is 19.3 Å². The monoisotopic (exact) mass is 267 g/mol. The third kappa shape index (κ3) is 2.28. The number of nitrogens with zero attached hydrogens (tertiary/aromatic N) is 1. The van der Waals surface area contributed by atoms with Gasteiger partial charge in [0.15, 0.2) is 0 Å². The predicted molar refractivity (Wildman–Crippen MR) is 72.6 cm³/mol. The number of nitrogens with one attached hydrogen (secondary N) is 1. The summed E-state index contributed by atoms with van der Waals surface area (Å²) >= 11 is 0. The molecule has 2 saturated heterocycles. The number of morpholine rings is 1. The van der Waals surface area contributed by atoms with Gasteiger partial charge >= 0.3 is 0 Å². The zero-order chi connectivity index (χ0) is 13.3. The van der Waals surface area contributed by atoms with Crippen molar-refractivity contribution in [3.63, 3.8) is 0 Å². The third-order valence-corrected chi connectivity index (χ3v) is 5.15. The maximum atomic E-state index is 13.0. The quantitative estimate of drug-likeness (QED) is 0.736. The molecule has 0 aromatic heterocycles. The van der Waals surface area contributed by atoms with E-state index in [0.717, 1.165) is 26.1 Å². The molecule has 3 N–H and O–H groups in total. The Hall–Kier alpha value is -0.650. The van der Waals surface area contributed by atoms with Crippen LogP contribution in [0.15, 0.2) is 0 Å². The summed E-state index contributed by atoms with van der Waals surface area (Å²) < 4.78 is 5.57. The van der Waals surface area contributed by atoms with Gasteiger partial charge in [-0.15, -0.1) is 0 Å². The molecule has 1 amide bonds. The first-order valence-electron chi connectivity index (χ1n) is 7.58. The smallest absolute Gasteiger partial charge is 0.230 e. The molecule has 2 heterocycles. The van der Waals surface area contributed by atoms with Gasteiger partial charge in [-0.2, -0.15) is 0 Å². The van der Waals surface area contributed by atoms with Gasteiger partial charge in [-0.05, 0) is 25.3 Å². The third-order valence-electron chi connectivity index (χ3n) is 5.15. The second-order valence-electron chi connectivity index (χ2n) is 6.21. The zero-order valence-corrected chi connectivity index (χ0v) is 11.6. The number of hydrogen-bond acceptors (Lipinski definition) is 4. The number of hydrogen-bond donors (Lipinski definition) is 2. The van der Waals surface area contributed by atoms with E-state index in [4.69, 9.17) is 10.5 Å². The number of ether oxygens (including phenoxy) is 1. The van der Waals surface area contributed by atoms with Gasteiger partial charge < -0.3 is 20.7 Å². The highest BCUT2D eigenvalue weighted by Gasteiger charge is 2.51. The summed E-state index contributed by atoms with van der Waals surface area (Å²) in [5, 5.41) is 3.45. The van der Waals surface area contributed by atoms with Crippen LogP contribution in [0.25, 0.3) is 0 Å². The van der Waals surface area contributed by atoms with Crippen LogP contribution in [0.2, 0.25) is 0 Å². The van der Waals surface area contributed by atoms with Crippen molar-refractivity contribution in [3.05, 3.63) is 0 Å². The lowest BCUT2D eigenvalue weighted by Crippen LogP contribution is -2.55. The fourth-order valence-electron chi connectivity index (χ4n) is 4.03. The fraction of sp³-hybridized carbons (Fsp3) is 0.929. The van der Waals surface area contributed by atoms with Crippen LogP contribution in [0.3, 0.4) is 0 Å². The average Bonchev–Trinajstić information content (AvgIpc) is 2.91. The second-order valence-corrected chi connectivity index (χ2v) is 6.21. The molecule has 3 rings (SSSR count). The summed E-state index contributed by atoms with van der Waals surface area (Å²) in [4.78, 5) is 15.0. The molecule has 19 heavy (non-hydrogen) atoms. The molecule has 5 nitrogen and oxygen atoms in total. The highest BCUT2D eigenvalue weighted by molar-refractivity contribution is 5.84. The largest absolute Gasteiger partial charge is 0.373 e. The molecule has 0 radical (unpaired) electrons. The first kappa shape index (κ1) is 13.3. The number of rotatable bonds is 2. The van der Waals surface area contributed by atoms with Crippen molar-refractivity contribution in [2.75, 3.05) is 39.3 Å². The van der Waals surface area contributed by atoms with Crippen molar-refractivity contribution >= 4 is 5.91 Å². The highest BCUT2D eigenvalue weighted by Crippen LogP contribution is 2.45. The molecular formula is C14H25N3O2. The molecule has 5 heteroatoms. The highest BCUT2D eigenvalue weighted by atomic mass is 16.5. The fourth-order valence-corrected chi connectivity index (χ4v) is 4.03. The minimum absolute atomic E-state index is 0.0190. The molecule has 1 saturated carbocycles. The summed E-state index contributed by atoms with van der Waals surface area (Å²) in [5.74, 6) is 0.886. The average molecular weight is 267 g/mol. The molecule has 3 atom stereocenters. The van der Waals surface area contributed by atoms with E-state index in [-0.39, 0.29) is 11.5 Å². The molecule has 0 aromatic rings. The molecule has 1 unspecified atom stereocenters. The molecule has 0 spiro atoms.